The number of benzene rings is 1. The standard InChI is InChI=1S/C10H13NO3/c1-7(12)6-14-9-2-3-10(13)8(4-9)5-11/h2-4,13H,5-6,11H2,1H3. The summed E-state index contributed by atoms with van der Waals surface area (Å²) in [6.45, 7) is 1.72. The molecule has 0 amide bonds. The average Bonchev–Trinajstić information content (AvgIpc) is 2.16. The molecule has 3 N–H and O–H groups in total. The van der Waals surface area contributed by atoms with E-state index in [1.165, 1.54) is 13.0 Å². The van der Waals surface area contributed by atoms with Gasteiger partial charge in [0.05, 0.1) is 0 Å². The summed E-state index contributed by atoms with van der Waals surface area (Å²) in [7, 11) is 0. The first-order valence-electron chi connectivity index (χ1n) is 4.27. The first-order valence-corrected chi connectivity index (χ1v) is 4.27. The predicted molar refractivity (Wildman–Crippen MR) is 52.2 cm³/mol. The van der Waals surface area contributed by atoms with Crippen LogP contribution >= 0.6 is 0 Å². The van der Waals surface area contributed by atoms with Crippen molar-refractivity contribution in [2.24, 2.45) is 5.73 Å². The lowest BCUT2D eigenvalue weighted by atomic mass is 10.2. The molecule has 0 radical (unpaired) electrons. The number of phenolic OH excluding ortho intramolecular Hbond substituents is 1. The fourth-order valence-electron chi connectivity index (χ4n) is 1.00. The molecule has 0 bridgehead atoms. The normalized spacial score (nSPS) is 9.86. The second-order valence-electron chi connectivity index (χ2n) is 2.99. The number of phenols is 1. The maximum atomic E-state index is 10.6. The molecule has 0 spiro atoms. The zero-order valence-electron chi connectivity index (χ0n) is 7.99. The van der Waals surface area contributed by atoms with E-state index in [9.17, 15) is 9.90 Å². The third-order valence-electron chi connectivity index (χ3n) is 1.71. The molecule has 0 aromatic heterocycles. The zero-order chi connectivity index (χ0) is 10.6. The minimum atomic E-state index is -0.0487. The van der Waals surface area contributed by atoms with Gasteiger partial charge in [-0.05, 0) is 25.1 Å². The molecule has 0 unspecified atom stereocenters. The van der Waals surface area contributed by atoms with Crippen molar-refractivity contribution >= 4 is 5.78 Å². The van der Waals surface area contributed by atoms with Crippen LogP contribution in [0.15, 0.2) is 18.2 Å². The molecule has 0 aliphatic rings. The van der Waals surface area contributed by atoms with Crippen LogP contribution in [0.25, 0.3) is 0 Å². The molecule has 4 nitrogen and oxygen atoms in total. The highest BCUT2D eigenvalue weighted by Crippen LogP contribution is 2.22. The smallest absolute Gasteiger partial charge is 0.167 e. The largest absolute Gasteiger partial charge is 0.508 e. The summed E-state index contributed by atoms with van der Waals surface area (Å²) in [4.78, 5) is 10.6. The van der Waals surface area contributed by atoms with Crippen molar-refractivity contribution in [3.8, 4) is 11.5 Å². The lowest BCUT2D eigenvalue weighted by Crippen LogP contribution is -2.07. The number of hydrogen-bond donors (Lipinski definition) is 2. The van der Waals surface area contributed by atoms with Gasteiger partial charge in [0.25, 0.3) is 0 Å². The molecule has 0 aliphatic carbocycles. The van der Waals surface area contributed by atoms with Crippen LogP contribution < -0.4 is 10.5 Å². The van der Waals surface area contributed by atoms with E-state index in [0.717, 1.165) is 0 Å². The highest BCUT2D eigenvalue weighted by Gasteiger charge is 2.02. The number of rotatable bonds is 4. The van der Waals surface area contributed by atoms with Gasteiger partial charge in [-0.25, -0.2) is 0 Å². The minimum Gasteiger partial charge on any atom is -0.508 e. The Morgan fingerprint density at radius 1 is 1.57 bits per heavy atom. The van der Waals surface area contributed by atoms with Crippen LogP contribution in [0.1, 0.15) is 12.5 Å². The van der Waals surface area contributed by atoms with Gasteiger partial charge in [-0.3, -0.25) is 4.79 Å². The van der Waals surface area contributed by atoms with Crippen LogP contribution in [-0.2, 0) is 11.3 Å². The topological polar surface area (TPSA) is 72.5 Å². The van der Waals surface area contributed by atoms with E-state index in [-0.39, 0.29) is 24.7 Å². The molecule has 1 aromatic rings. The average molecular weight is 195 g/mol. The predicted octanol–water partition coefficient (Wildman–Crippen LogP) is 0.819. The fraction of sp³-hybridized carbons (Fsp3) is 0.300. The van der Waals surface area contributed by atoms with E-state index in [1.54, 1.807) is 12.1 Å². The summed E-state index contributed by atoms with van der Waals surface area (Å²) in [5.41, 5.74) is 6.00. The number of hydrogen-bond acceptors (Lipinski definition) is 4. The summed E-state index contributed by atoms with van der Waals surface area (Å²) in [5, 5.41) is 9.31. The Morgan fingerprint density at radius 3 is 2.86 bits per heavy atom. The van der Waals surface area contributed by atoms with Gasteiger partial charge in [-0.2, -0.15) is 0 Å². The van der Waals surface area contributed by atoms with Crippen LogP contribution in [-0.4, -0.2) is 17.5 Å². The Labute approximate surface area is 82.3 Å². The molecule has 14 heavy (non-hydrogen) atoms. The monoisotopic (exact) mass is 195 g/mol. The molecule has 0 aliphatic heterocycles. The van der Waals surface area contributed by atoms with Gasteiger partial charge in [0.2, 0.25) is 0 Å². The van der Waals surface area contributed by atoms with Crippen molar-refractivity contribution in [3.05, 3.63) is 23.8 Å². The van der Waals surface area contributed by atoms with Crippen LogP contribution in [0.2, 0.25) is 0 Å². The Kier molecular flexibility index (Phi) is 3.48. The molecule has 0 fully saturated rings. The lowest BCUT2D eigenvalue weighted by Gasteiger charge is -2.06. The number of ether oxygens (including phenoxy) is 1. The van der Waals surface area contributed by atoms with Crippen molar-refractivity contribution in [3.63, 3.8) is 0 Å². The summed E-state index contributed by atoms with van der Waals surface area (Å²) in [5.74, 6) is 0.633. The van der Waals surface area contributed by atoms with Gasteiger partial charge >= 0.3 is 0 Å². The first kappa shape index (κ1) is 10.5. The quantitative estimate of drug-likeness (QED) is 0.746. The van der Waals surface area contributed by atoms with Crippen molar-refractivity contribution < 1.29 is 14.6 Å². The molecular weight excluding hydrogens is 182 g/mol. The fourth-order valence-corrected chi connectivity index (χ4v) is 1.00. The third-order valence-corrected chi connectivity index (χ3v) is 1.71. The SMILES string of the molecule is CC(=O)COc1ccc(O)c(CN)c1. The van der Waals surface area contributed by atoms with Gasteiger partial charge in [0.1, 0.15) is 18.1 Å². The van der Waals surface area contributed by atoms with E-state index < -0.39 is 0 Å². The van der Waals surface area contributed by atoms with E-state index >= 15 is 0 Å². The van der Waals surface area contributed by atoms with Gasteiger partial charge < -0.3 is 15.6 Å². The Hall–Kier alpha value is -1.55. The van der Waals surface area contributed by atoms with Gasteiger partial charge in [-0.1, -0.05) is 0 Å². The number of aromatic hydroxyl groups is 1. The molecule has 76 valence electrons. The highest BCUT2D eigenvalue weighted by molar-refractivity contribution is 5.77. The molecule has 1 rings (SSSR count). The number of Topliss-reactive ketones (excluding diaryl/α,β-unsaturated/α-hetero) is 1. The maximum absolute atomic E-state index is 10.6. The van der Waals surface area contributed by atoms with E-state index in [4.69, 9.17) is 10.5 Å². The number of nitrogens with two attached hydrogens (primary N) is 1. The zero-order valence-corrected chi connectivity index (χ0v) is 7.99. The number of carbonyl (C=O) groups excluding carboxylic acids is 1. The third kappa shape index (κ3) is 2.74. The minimum absolute atomic E-state index is 0.0365. The molecule has 0 saturated heterocycles. The van der Waals surface area contributed by atoms with E-state index in [2.05, 4.69) is 0 Å². The van der Waals surface area contributed by atoms with E-state index in [1.807, 2.05) is 0 Å². The van der Waals surface area contributed by atoms with Crippen LogP contribution in [0.3, 0.4) is 0 Å². The number of carbonyl (C=O) groups is 1. The summed E-state index contributed by atoms with van der Waals surface area (Å²) >= 11 is 0. The van der Waals surface area contributed by atoms with E-state index in [0.29, 0.717) is 11.3 Å². The van der Waals surface area contributed by atoms with Crippen LogP contribution in [0.4, 0.5) is 0 Å². The van der Waals surface area contributed by atoms with Crippen LogP contribution in [0, 0.1) is 0 Å². The van der Waals surface area contributed by atoms with Crippen molar-refractivity contribution in [1.82, 2.24) is 0 Å². The van der Waals surface area contributed by atoms with Crippen molar-refractivity contribution in [2.75, 3.05) is 6.61 Å². The number of ketones is 1. The second kappa shape index (κ2) is 4.62. The highest BCUT2D eigenvalue weighted by atomic mass is 16.5. The Morgan fingerprint density at radius 2 is 2.29 bits per heavy atom. The van der Waals surface area contributed by atoms with Crippen LogP contribution in [0.5, 0.6) is 11.5 Å². The molecule has 1 aromatic carbocycles. The Balaban J connectivity index is 2.74. The van der Waals surface area contributed by atoms with Gasteiger partial charge in [0.15, 0.2) is 5.78 Å². The molecule has 0 saturated carbocycles. The molecular formula is C10H13NO3. The molecule has 0 atom stereocenters. The molecule has 0 heterocycles. The van der Waals surface area contributed by atoms with Gasteiger partial charge in [-0.15, -0.1) is 0 Å². The summed E-state index contributed by atoms with van der Waals surface area (Å²) < 4.78 is 5.15. The first-order chi connectivity index (χ1) is 6.63. The Bertz CT molecular complexity index is 336. The van der Waals surface area contributed by atoms with Crippen molar-refractivity contribution in [1.29, 1.82) is 0 Å². The second-order valence-corrected chi connectivity index (χ2v) is 2.99. The summed E-state index contributed by atoms with van der Waals surface area (Å²) in [6, 6.07) is 4.72. The maximum Gasteiger partial charge on any atom is 0.167 e. The lowest BCUT2D eigenvalue weighted by molar-refractivity contribution is -0.118. The molecule has 4 heteroatoms. The summed E-state index contributed by atoms with van der Waals surface area (Å²) in [6.07, 6.45) is 0. The van der Waals surface area contributed by atoms with Crippen molar-refractivity contribution in [2.45, 2.75) is 13.5 Å². The van der Waals surface area contributed by atoms with Gasteiger partial charge in [0, 0.05) is 12.1 Å².